The molecule has 1 unspecified atom stereocenters. The van der Waals surface area contributed by atoms with E-state index in [0.29, 0.717) is 0 Å². The van der Waals surface area contributed by atoms with Gasteiger partial charge < -0.3 is 5.73 Å². The highest BCUT2D eigenvalue weighted by atomic mass is 32.2. The lowest BCUT2D eigenvalue weighted by Crippen LogP contribution is -2.10. The number of pyridine rings is 1. The maximum Gasteiger partial charge on any atom is 0.213 e. The van der Waals surface area contributed by atoms with Crippen LogP contribution in [0, 0.1) is 0 Å². The first-order valence-electron chi connectivity index (χ1n) is 5.32. The first-order valence-corrected chi connectivity index (χ1v) is 6.14. The summed E-state index contributed by atoms with van der Waals surface area (Å²) in [5.74, 6) is 0. The van der Waals surface area contributed by atoms with E-state index >= 15 is 0 Å². The summed E-state index contributed by atoms with van der Waals surface area (Å²) in [6.45, 7) is 2.04. The maximum absolute atomic E-state index is 5.90. The van der Waals surface area contributed by atoms with Gasteiger partial charge in [0, 0.05) is 24.2 Å². The minimum Gasteiger partial charge on any atom is -0.323 e. The molecule has 0 amide bonds. The second-order valence-corrected chi connectivity index (χ2v) is 4.66. The number of aryl methyl sites for hydroxylation is 1. The highest BCUT2D eigenvalue weighted by Gasteiger charge is 2.07. The number of nitrogens with zero attached hydrogens (tertiary/aromatic N) is 5. The van der Waals surface area contributed by atoms with Crippen LogP contribution in [-0.4, -0.2) is 25.2 Å². The van der Waals surface area contributed by atoms with Gasteiger partial charge in [0.2, 0.25) is 5.16 Å². The second-order valence-electron chi connectivity index (χ2n) is 3.62. The number of hydrogen-bond donors (Lipinski definition) is 1. The fraction of sp³-hybridized carbons (Fsp3) is 0.400. The van der Waals surface area contributed by atoms with Crippen molar-refractivity contribution in [1.82, 2.24) is 25.2 Å². The molecule has 0 saturated heterocycles. The highest BCUT2D eigenvalue weighted by Crippen LogP contribution is 2.24. The Morgan fingerprint density at radius 1 is 1.47 bits per heavy atom. The number of nitrogens with two attached hydrogens (primary N) is 1. The van der Waals surface area contributed by atoms with Crippen LogP contribution in [0.15, 0.2) is 28.4 Å². The van der Waals surface area contributed by atoms with Crippen LogP contribution >= 0.6 is 11.8 Å². The summed E-state index contributed by atoms with van der Waals surface area (Å²) in [6, 6.07) is 3.93. The SMILES string of the molecule is CCC(N)c1ccc(Sc2nnnn2C)cn1. The predicted octanol–water partition coefficient (Wildman–Crippen LogP) is 1.17. The van der Waals surface area contributed by atoms with Gasteiger partial charge in [-0.1, -0.05) is 6.92 Å². The average molecular weight is 250 g/mol. The van der Waals surface area contributed by atoms with Crippen molar-refractivity contribution in [3.8, 4) is 0 Å². The van der Waals surface area contributed by atoms with E-state index in [-0.39, 0.29) is 6.04 Å². The highest BCUT2D eigenvalue weighted by molar-refractivity contribution is 7.99. The van der Waals surface area contributed by atoms with Gasteiger partial charge in [-0.3, -0.25) is 4.98 Å². The predicted molar refractivity (Wildman–Crippen MR) is 64.4 cm³/mol. The van der Waals surface area contributed by atoms with E-state index in [9.17, 15) is 0 Å². The van der Waals surface area contributed by atoms with Gasteiger partial charge in [0.15, 0.2) is 0 Å². The molecule has 2 N–H and O–H groups in total. The Bertz CT molecular complexity index is 480. The zero-order chi connectivity index (χ0) is 12.3. The zero-order valence-corrected chi connectivity index (χ0v) is 10.6. The van der Waals surface area contributed by atoms with E-state index in [1.165, 1.54) is 11.8 Å². The number of tetrazole rings is 1. The van der Waals surface area contributed by atoms with Crippen molar-refractivity contribution in [1.29, 1.82) is 0 Å². The molecular formula is C10H14N6S. The van der Waals surface area contributed by atoms with Crippen LogP contribution in [0.5, 0.6) is 0 Å². The summed E-state index contributed by atoms with van der Waals surface area (Å²) in [5, 5.41) is 12.0. The Morgan fingerprint density at radius 2 is 2.29 bits per heavy atom. The second kappa shape index (κ2) is 5.24. The van der Waals surface area contributed by atoms with Crippen molar-refractivity contribution in [2.75, 3.05) is 0 Å². The van der Waals surface area contributed by atoms with E-state index in [1.54, 1.807) is 17.9 Å². The molecule has 17 heavy (non-hydrogen) atoms. The van der Waals surface area contributed by atoms with Crippen LogP contribution in [0.4, 0.5) is 0 Å². The van der Waals surface area contributed by atoms with E-state index < -0.39 is 0 Å². The van der Waals surface area contributed by atoms with E-state index in [1.807, 2.05) is 19.1 Å². The molecular weight excluding hydrogens is 236 g/mol. The third-order valence-corrected chi connectivity index (χ3v) is 3.37. The first-order chi connectivity index (χ1) is 8.20. The molecule has 2 heterocycles. The van der Waals surface area contributed by atoms with Gasteiger partial charge in [0.05, 0.1) is 5.69 Å². The normalized spacial score (nSPS) is 12.6. The van der Waals surface area contributed by atoms with Gasteiger partial charge in [-0.2, -0.15) is 0 Å². The molecule has 1 atom stereocenters. The summed E-state index contributed by atoms with van der Waals surface area (Å²) in [4.78, 5) is 5.33. The molecule has 90 valence electrons. The summed E-state index contributed by atoms with van der Waals surface area (Å²) in [7, 11) is 1.80. The molecule has 0 bridgehead atoms. The van der Waals surface area contributed by atoms with Gasteiger partial charge in [0.1, 0.15) is 0 Å². The minimum absolute atomic E-state index is 0.00513. The molecule has 7 heteroatoms. The molecule has 2 aromatic heterocycles. The van der Waals surface area contributed by atoms with Crippen molar-refractivity contribution in [3.05, 3.63) is 24.0 Å². The molecule has 0 aliphatic carbocycles. The van der Waals surface area contributed by atoms with Gasteiger partial charge in [-0.15, -0.1) is 5.10 Å². The van der Waals surface area contributed by atoms with Crippen molar-refractivity contribution < 1.29 is 0 Å². The smallest absolute Gasteiger partial charge is 0.213 e. The summed E-state index contributed by atoms with van der Waals surface area (Å²) < 4.78 is 1.62. The lowest BCUT2D eigenvalue weighted by molar-refractivity contribution is 0.664. The Morgan fingerprint density at radius 3 is 2.82 bits per heavy atom. The van der Waals surface area contributed by atoms with Crippen LogP contribution in [0.2, 0.25) is 0 Å². The van der Waals surface area contributed by atoms with Gasteiger partial charge in [0.25, 0.3) is 0 Å². The number of aromatic nitrogens is 5. The number of rotatable bonds is 4. The monoisotopic (exact) mass is 250 g/mol. The van der Waals surface area contributed by atoms with Crippen molar-refractivity contribution in [3.63, 3.8) is 0 Å². The Hall–Kier alpha value is -1.47. The molecule has 0 aliphatic heterocycles. The van der Waals surface area contributed by atoms with Gasteiger partial charge >= 0.3 is 0 Å². The topological polar surface area (TPSA) is 82.5 Å². The van der Waals surface area contributed by atoms with Gasteiger partial charge in [-0.25, -0.2) is 4.68 Å². The third kappa shape index (κ3) is 2.80. The van der Waals surface area contributed by atoms with Crippen molar-refractivity contribution >= 4 is 11.8 Å². The minimum atomic E-state index is 0.00513. The lowest BCUT2D eigenvalue weighted by Gasteiger charge is -2.08. The van der Waals surface area contributed by atoms with Gasteiger partial charge in [-0.05, 0) is 40.7 Å². The summed E-state index contributed by atoms with van der Waals surface area (Å²) in [5.41, 5.74) is 6.81. The van der Waals surface area contributed by atoms with Crippen LogP contribution in [0.3, 0.4) is 0 Å². The van der Waals surface area contributed by atoms with Crippen molar-refractivity contribution in [2.24, 2.45) is 12.8 Å². The summed E-state index contributed by atoms with van der Waals surface area (Å²) in [6.07, 6.45) is 2.68. The molecule has 0 aromatic carbocycles. The standard InChI is InChI=1S/C10H14N6S/c1-3-8(11)9-5-4-7(6-12-9)17-10-13-14-15-16(10)2/h4-6,8H,3,11H2,1-2H3. The van der Waals surface area contributed by atoms with Crippen LogP contribution < -0.4 is 5.73 Å². The largest absolute Gasteiger partial charge is 0.323 e. The third-order valence-electron chi connectivity index (χ3n) is 2.37. The van der Waals surface area contributed by atoms with E-state index in [4.69, 9.17) is 5.73 Å². The molecule has 0 saturated carbocycles. The fourth-order valence-corrected chi connectivity index (χ4v) is 1.99. The lowest BCUT2D eigenvalue weighted by atomic mass is 10.1. The Labute approximate surface area is 104 Å². The molecule has 0 fully saturated rings. The average Bonchev–Trinajstić information content (AvgIpc) is 2.75. The summed E-state index contributed by atoms with van der Waals surface area (Å²) >= 11 is 1.47. The number of hydrogen-bond acceptors (Lipinski definition) is 6. The molecule has 0 spiro atoms. The van der Waals surface area contributed by atoms with E-state index in [0.717, 1.165) is 22.2 Å². The van der Waals surface area contributed by atoms with Crippen LogP contribution in [0.1, 0.15) is 25.1 Å². The van der Waals surface area contributed by atoms with Crippen molar-refractivity contribution in [2.45, 2.75) is 29.4 Å². The molecule has 6 nitrogen and oxygen atoms in total. The van der Waals surface area contributed by atoms with Crippen LogP contribution in [-0.2, 0) is 7.05 Å². The zero-order valence-electron chi connectivity index (χ0n) is 9.74. The molecule has 0 aliphatic rings. The Kier molecular flexibility index (Phi) is 3.70. The first kappa shape index (κ1) is 12.0. The van der Waals surface area contributed by atoms with E-state index in [2.05, 4.69) is 20.5 Å². The Balaban J connectivity index is 2.11. The fourth-order valence-electron chi connectivity index (χ4n) is 1.29. The quantitative estimate of drug-likeness (QED) is 0.877. The molecule has 0 radical (unpaired) electrons. The maximum atomic E-state index is 5.90. The molecule has 2 aromatic rings. The van der Waals surface area contributed by atoms with Crippen LogP contribution in [0.25, 0.3) is 0 Å². The molecule has 2 rings (SSSR count).